The Morgan fingerprint density at radius 3 is 1.57 bits per heavy atom. The number of carbonyl (C=O) groups excluding carboxylic acids is 4. The van der Waals surface area contributed by atoms with Gasteiger partial charge in [-0.05, 0) is 56.6 Å². The Labute approximate surface area is 248 Å². The standard InChI is InChI=1S/C17H23NO4.C15H20N2O3/c1-2-21-17(20)16(19)18(12-14-8-4-3-5-9-14)13-15-10-6-7-11-22-15;16-14(18)15(19)17(10-12-6-2-1-3-7-12)11-13-8-4-5-9-20-13/h3-5,8-9,15H,2,6-7,10-13H2,1H3;1-3,6-7,13H,4-5,8-11H2,(H2,16,18). The number of carbonyl (C=O) groups is 4. The molecule has 10 nitrogen and oxygen atoms in total. The first-order chi connectivity index (χ1) is 20.4. The molecule has 2 aliphatic rings. The first-order valence-corrected chi connectivity index (χ1v) is 14.7. The Bertz CT molecular complexity index is 1120. The molecule has 2 fully saturated rings. The topological polar surface area (TPSA) is 128 Å². The fourth-order valence-corrected chi connectivity index (χ4v) is 4.92. The Morgan fingerprint density at radius 1 is 0.738 bits per heavy atom. The van der Waals surface area contributed by atoms with Gasteiger partial charge in [0.05, 0.1) is 18.8 Å². The van der Waals surface area contributed by atoms with Crippen LogP contribution in [0.3, 0.4) is 0 Å². The van der Waals surface area contributed by atoms with Crippen molar-refractivity contribution in [1.82, 2.24) is 9.80 Å². The van der Waals surface area contributed by atoms with E-state index in [1.54, 1.807) is 6.92 Å². The molecule has 2 heterocycles. The van der Waals surface area contributed by atoms with Crippen molar-refractivity contribution in [3.05, 3.63) is 71.8 Å². The molecule has 2 saturated heterocycles. The number of nitrogens with zero attached hydrogens (tertiary/aromatic N) is 2. The highest BCUT2D eigenvalue weighted by atomic mass is 16.5. The molecule has 2 atom stereocenters. The first kappa shape index (κ1) is 32.8. The summed E-state index contributed by atoms with van der Waals surface area (Å²) in [5, 5.41) is 0. The molecule has 4 rings (SSSR count). The lowest BCUT2D eigenvalue weighted by atomic mass is 10.1. The molecule has 2 aromatic carbocycles. The molecule has 10 heteroatoms. The van der Waals surface area contributed by atoms with Gasteiger partial charge in [-0.2, -0.15) is 0 Å². The van der Waals surface area contributed by atoms with E-state index in [2.05, 4.69) is 0 Å². The van der Waals surface area contributed by atoms with Crippen LogP contribution in [-0.4, -0.2) is 78.6 Å². The van der Waals surface area contributed by atoms with Crippen molar-refractivity contribution in [2.45, 2.75) is 70.7 Å². The zero-order valence-electron chi connectivity index (χ0n) is 24.5. The van der Waals surface area contributed by atoms with Gasteiger partial charge in [0, 0.05) is 39.4 Å². The molecule has 2 N–H and O–H groups in total. The van der Waals surface area contributed by atoms with Crippen LogP contribution in [0.4, 0.5) is 0 Å². The lowest BCUT2D eigenvalue weighted by Crippen LogP contribution is -2.44. The summed E-state index contributed by atoms with van der Waals surface area (Å²) in [6.07, 6.45) is 6.12. The summed E-state index contributed by atoms with van der Waals surface area (Å²) in [7, 11) is 0. The molecular weight excluding hydrogens is 538 g/mol. The van der Waals surface area contributed by atoms with Gasteiger partial charge in [-0.15, -0.1) is 0 Å². The predicted molar refractivity (Wildman–Crippen MR) is 157 cm³/mol. The zero-order valence-corrected chi connectivity index (χ0v) is 24.5. The molecule has 0 aromatic heterocycles. The van der Waals surface area contributed by atoms with E-state index in [-0.39, 0.29) is 18.8 Å². The van der Waals surface area contributed by atoms with Gasteiger partial charge in [0.2, 0.25) is 0 Å². The number of ether oxygens (including phenoxy) is 3. The highest BCUT2D eigenvalue weighted by Gasteiger charge is 2.27. The second kappa shape index (κ2) is 17.9. The molecule has 0 bridgehead atoms. The summed E-state index contributed by atoms with van der Waals surface area (Å²) in [5.74, 6) is -2.96. The normalized spacial score (nSPS) is 18.1. The van der Waals surface area contributed by atoms with Crippen LogP contribution in [0, 0.1) is 0 Å². The van der Waals surface area contributed by atoms with E-state index in [4.69, 9.17) is 19.9 Å². The first-order valence-electron chi connectivity index (χ1n) is 14.7. The molecular formula is C32H43N3O7. The van der Waals surface area contributed by atoms with Crippen LogP contribution >= 0.6 is 0 Å². The monoisotopic (exact) mass is 581 g/mol. The van der Waals surface area contributed by atoms with Crippen LogP contribution in [-0.2, 0) is 46.5 Å². The van der Waals surface area contributed by atoms with E-state index in [0.717, 1.165) is 56.3 Å². The summed E-state index contributed by atoms with van der Waals surface area (Å²) >= 11 is 0. The van der Waals surface area contributed by atoms with E-state index in [1.807, 2.05) is 60.7 Å². The lowest BCUT2D eigenvalue weighted by molar-refractivity contribution is -0.161. The number of rotatable bonds is 9. The number of benzene rings is 2. The van der Waals surface area contributed by atoms with Crippen LogP contribution in [0.25, 0.3) is 0 Å². The molecule has 228 valence electrons. The van der Waals surface area contributed by atoms with E-state index in [1.165, 1.54) is 9.80 Å². The van der Waals surface area contributed by atoms with Crippen molar-refractivity contribution in [3.8, 4) is 0 Å². The molecule has 2 unspecified atom stereocenters. The number of amides is 3. The largest absolute Gasteiger partial charge is 0.459 e. The van der Waals surface area contributed by atoms with E-state index in [9.17, 15) is 19.2 Å². The fourth-order valence-electron chi connectivity index (χ4n) is 4.92. The Balaban J connectivity index is 0.000000231. The molecule has 0 spiro atoms. The number of hydrogen-bond acceptors (Lipinski definition) is 7. The van der Waals surface area contributed by atoms with E-state index < -0.39 is 23.7 Å². The summed E-state index contributed by atoms with van der Waals surface area (Å²) in [4.78, 5) is 50.2. The van der Waals surface area contributed by atoms with Crippen molar-refractivity contribution < 1.29 is 33.4 Å². The Hall–Kier alpha value is -3.76. The van der Waals surface area contributed by atoms with Crippen LogP contribution in [0.1, 0.15) is 56.6 Å². The van der Waals surface area contributed by atoms with Crippen molar-refractivity contribution in [1.29, 1.82) is 0 Å². The second-order valence-electron chi connectivity index (χ2n) is 10.4. The predicted octanol–water partition coefficient (Wildman–Crippen LogP) is 3.22. The average molecular weight is 582 g/mol. The Morgan fingerprint density at radius 2 is 1.19 bits per heavy atom. The third-order valence-electron chi connectivity index (χ3n) is 7.06. The average Bonchev–Trinajstić information content (AvgIpc) is 3.02. The van der Waals surface area contributed by atoms with E-state index in [0.29, 0.717) is 32.8 Å². The van der Waals surface area contributed by atoms with Gasteiger partial charge in [-0.3, -0.25) is 14.4 Å². The zero-order chi connectivity index (χ0) is 30.2. The summed E-state index contributed by atoms with van der Waals surface area (Å²) in [6, 6.07) is 19.2. The number of esters is 1. The molecule has 42 heavy (non-hydrogen) atoms. The van der Waals surface area contributed by atoms with Crippen LogP contribution < -0.4 is 5.73 Å². The van der Waals surface area contributed by atoms with Gasteiger partial charge in [0.1, 0.15) is 0 Å². The molecule has 0 saturated carbocycles. The maximum absolute atomic E-state index is 12.3. The molecule has 0 aliphatic carbocycles. The van der Waals surface area contributed by atoms with Crippen molar-refractivity contribution in [2.24, 2.45) is 5.73 Å². The summed E-state index contributed by atoms with van der Waals surface area (Å²) in [5.41, 5.74) is 7.08. The van der Waals surface area contributed by atoms with Gasteiger partial charge in [0.25, 0.3) is 0 Å². The fraction of sp³-hybridized carbons (Fsp3) is 0.500. The van der Waals surface area contributed by atoms with Gasteiger partial charge in [0.15, 0.2) is 0 Å². The minimum absolute atomic E-state index is 0.00385. The van der Waals surface area contributed by atoms with Crippen LogP contribution in [0.15, 0.2) is 60.7 Å². The molecule has 2 aliphatic heterocycles. The van der Waals surface area contributed by atoms with Gasteiger partial charge < -0.3 is 29.7 Å². The van der Waals surface area contributed by atoms with Gasteiger partial charge >= 0.3 is 23.7 Å². The van der Waals surface area contributed by atoms with Gasteiger partial charge in [-0.1, -0.05) is 60.7 Å². The SMILES string of the molecule is CCOC(=O)C(=O)N(Cc1ccccc1)CC1CCCCO1.NC(=O)C(=O)N(Cc1ccccc1)CC1CCCCO1. The second-order valence-corrected chi connectivity index (χ2v) is 10.4. The maximum atomic E-state index is 12.3. The molecule has 3 amide bonds. The summed E-state index contributed by atoms with van der Waals surface area (Å²) in [6.45, 7) is 4.93. The summed E-state index contributed by atoms with van der Waals surface area (Å²) < 4.78 is 16.2. The number of hydrogen-bond donors (Lipinski definition) is 1. The van der Waals surface area contributed by atoms with Crippen molar-refractivity contribution in [2.75, 3.05) is 32.9 Å². The third kappa shape index (κ3) is 11.3. The molecule has 0 radical (unpaired) electrons. The number of nitrogens with two attached hydrogens (primary N) is 1. The molecule has 2 aromatic rings. The van der Waals surface area contributed by atoms with Crippen LogP contribution in [0.2, 0.25) is 0 Å². The highest BCUT2D eigenvalue weighted by Crippen LogP contribution is 2.17. The van der Waals surface area contributed by atoms with Crippen LogP contribution in [0.5, 0.6) is 0 Å². The third-order valence-corrected chi connectivity index (χ3v) is 7.06. The quantitative estimate of drug-likeness (QED) is 0.356. The van der Waals surface area contributed by atoms with Crippen molar-refractivity contribution in [3.63, 3.8) is 0 Å². The lowest BCUT2D eigenvalue weighted by Gasteiger charge is -2.29. The van der Waals surface area contributed by atoms with Gasteiger partial charge in [-0.25, -0.2) is 4.79 Å². The minimum Gasteiger partial charge on any atom is -0.459 e. The number of primary amides is 1. The van der Waals surface area contributed by atoms with Crippen molar-refractivity contribution >= 4 is 23.7 Å². The smallest absolute Gasteiger partial charge is 0.397 e. The maximum Gasteiger partial charge on any atom is 0.397 e. The van der Waals surface area contributed by atoms with E-state index >= 15 is 0 Å². The highest BCUT2D eigenvalue weighted by molar-refractivity contribution is 6.34. The minimum atomic E-state index is -0.920. The Kier molecular flexibility index (Phi) is 14.0.